The molecule has 0 fully saturated rings. The van der Waals surface area contributed by atoms with E-state index in [4.69, 9.17) is 0 Å². The number of aliphatic imine (C=N–C) groups is 1. The molecule has 1 aromatic carbocycles. The highest BCUT2D eigenvalue weighted by molar-refractivity contribution is 14.1. The summed E-state index contributed by atoms with van der Waals surface area (Å²) in [5.41, 5.74) is 1.09. The van der Waals surface area contributed by atoms with E-state index in [1.54, 1.807) is 0 Å². The van der Waals surface area contributed by atoms with Crippen LogP contribution in [-0.4, -0.2) is 6.34 Å². The second kappa shape index (κ2) is 3.30. The Morgan fingerprint density at radius 1 is 1.17 bits per heavy atom. The van der Waals surface area contributed by atoms with Gasteiger partial charge in [0.15, 0.2) is 6.17 Å². The van der Waals surface area contributed by atoms with Crippen molar-refractivity contribution >= 4 is 28.9 Å². The zero-order valence-corrected chi connectivity index (χ0v) is 8.34. The molecule has 0 N–H and O–H groups in total. The van der Waals surface area contributed by atoms with Gasteiger partial charge in [-0.3, -0.25) is 0 Å². The Labute approximate surface area is 83.8 Å². The van der Waals surface area contributed by atoms with Crippen LogP contribution in [0.15, 0.2) is 39.5 Å². The zero-order valence-electron chi connectivity index (χ0n) is 6.18. The summed E-state index contributed by atoms with van der Waals surface area (Å²) in [5, 5.41) is 7.63. The van der Waals surface area contributed by atoms with Crippen molar-refractivity contribution in [2.24, 2.45) is 15.2 Å². The van der Waals surface area contributed by atoms with Gasteiger partial charge in [0.1, 0.15) is 6.34 Å². The minimum absolute atomic E-state index is 0.109. The van der Waals surface area contributed by atoms with Crippen LogP contribution in [0.25, 0.3) is 0 Å². The van der Waals surface area contributed by atoms with Crippen molar-refractivity contribution in [3.63, 3.8) is 0 Å². The minimum atomic E-state index is -0.109. The largest absolute Gasteiger partial charge is 0.238 e. The summed E-state index contributed by atoms with van der Waals surface area (Å²) in [7, 11) is 0. The van der Waals surface area contributed by atoms with Crippen molar-refractivity contribution in [1.82, 2.24) is 0 Å². The fourth-order valence-electron chi connectivity index (χ4n) is 1.00. The first kappa shape index (κ1) is 7.85. The topological polar surface area (TPSA) is 37.1 Å². The summed E-state index contributed by atoms with van der Waals surface area (Å²) in [4.78, 5) is 4.07. The molecule has 0 saturated heterocycles. The predicted molar refractivity (Wildman–Crippen MR) is 55.2 cm³/mol. The lowest BCUT2D eigenvalue weighted by molar-refractivity contribution is 0.772. The average molecular weight is 271 g/mol. The van der Waals surface area contributed by atoms with Gasteiger partial charge in [0, 0.05) is 9.13 Å². The highest BCUT2D eigenvalue weighted by Crippen LogP contribution is 2.22. The molecule has 0 spiro atoms. The molecule has 3 nitrogen and oxygen atoms in total. The number of nitrogens with zero attached hydrogens (tertiary/aromatic N) is 3. The summed E-state index contributed by atoms with van der Waals surface area (Å²) < 4.78 is 1.22. The number of azo groups is 1. The molecular formula is C8H6IN3. The normalized spacial score (nSPS) is 20.2. The van der Waals surface area contributed by atoms with Crippen molar-refractivity contribution in [3.05, 3.63) is 33.4 Å². The lowest BCUT2D eigenvalue weighted by atomic mass is 10.2. The van der Waals surface area contributed by atoms with Crippen molar-refractivity contribution in [2.75, 3.05) is 0 Å². The van der Waals surface area contributed by atoms with Crippen molar-refractivity contribution in [2.45, 2.75) is 6.17 Å². The predicted octanol–water partition coefficient (Wildman–Crippen LogP) is 2.78. The van der Waals surface area contributed by atoms with Gasteiger partial charge >= 0.3 is 0 Å². The second-order valence-electron chi connectivity index (χ2n) is 2.42. The molecule has 0 radical (unpaired) electrons. The van der Waals surface area contributed by atoms with E-state index in [-0.39, 0.29) is 6.17 Å². The number of rotatable bonds is 1. The van der Waals surface area contributed by atoms with Crippen LogP contribution in [0.3, 0.4) is 0 Å². The third kappa shape index (κ3) is 1.52. The van der Waals surface area contributed by atoms with Gasteiger partial charge in [0.25, 0.3) is 0 Å². The van der Waals surface area contributed by atoms with Gasteiger partial charge < -0.3 is 0 Å². The summed E-state index contributed by atoms with van der Waals surface area (Å²) >= 11 is 2.27. The summed E-state index contributed by atoms with van der Waals surface area (Å²) in [5.74, 6) is 0. The first-order chi connectivity index (χ1) is 5.86. The smallest absolute Gasteiger partial charge is 0.187 e. The second-order valence-corrected chi connectivity index (χ2v) is 3.67. The molecule has 0 aliphatic carbocycles. The van der Waals surface area contributed by atoms with Crippen LogP contribution in [0.4, 0.5) is 0 Å². The highest BCUT2D eigenvalue weighted by atomic mass is 127. The standard InChI is InChI=1S/C8H6IN3/c9-7-3-1-6(2-4-7)8-10-5-11-12-8/h1-5,8H. The molecule has 1 atom stereocenters. The molecule has 1 heterocycles. The minimum Gasteiger partial charge on any atom is -0.238 e. The molecule has 12 heavy (non-hydrogen) atoms. The molecule has 0 aromatic heterocycles. The van der Waals surface area contributed by atoms with E-state index in [2.05, 4.69) is 37.8 Å². The van der Waals surface area contributed by atoms with E-state index in [9.17, 15) is 0 Å². The molecule has 0 bridgehead atoms. The highest BCUT2D eigenvalue weighted by Gasteiger charge is 2.09. The fraction of sp³-hybridized carbons (Fsp3) is 0.125. The number of benzene rings is 1. The number of halogens is 1. The van der Waals surface area contributed by atoms with Gasteiger partial charge in [-0.2, -0.15) is 5.11 Å². The summed E-state index contributed by atoms with van der Waals surface area (Å²) in [6.45, 7) is 0. The Balaban J connectivity index is 2.29. The first-order valence-electron chi connectivity index (χ1n) is 3.53. The van der Waals surface area contributed by atoms with Crippen LogP contribution >= 0.6 is 22.6 Å². The van der Waals surface area contributed by atoms with Crippen molar-refractivity contribution < 1.29 is 0 Å². The quantitative estimate of drug-likeness (QED) is 0.704. The SMILES string of the molecule is Ic1ccc(C2N=CN=N2)cc1. The van der Waals surface area contributed by atoms with Gasteiger partial charge in [-0.25, -0.2) is 4.99 Å². The van der Waals surface area contributed by atoms with Gasteiger partial charge in [-0.1, -0.05) is 12.1 Å². The molecule has 0 saturated carbocycles. The van der Waals surface area contributed by atoms with E-state index < -0.39 is 0 Å². The third-order valence-electron chi connectivity index (χ3n) is 1.60. The molecule has 0 amide bonds. The van der Waals surface area contributed by atoms with Gasteiger partial charge in [0.05, 0.1) is 0 Å². The van der Waals surface area contributed by atoms with Crippen molar-refractivity contribution in [1.29, 1.82) is 0 Å². The van der Waals surface area contributed by atoms with E-state index in [1.807, 2.05) is 24.3 Å². The van der Waals surface area contributed by atoms with E-state index in [0.717, 1.165) is 5.56 Å². The lowest BCUT2D eigenvalue weighted by Gasteiger charge is -2.01. The monoisotopic (exact) mass is 271 g/mol. The molecule has 60 valence electrons. The fourth-order valence-corrected chi connectivity index (χ4v) is 1.36. The van der Waals surface area contributed by atoms with Crippen LogP contribution in [0.2, 0.25) is 0 Å². The molecule has 1 unspecified atom stereocenters. The van der Waals surface area contributed by atoms with Crippen LogP contribution in [-0.2, 0) is 0 Å². The Bertz CT molecular complexity index is 317. The number of hydrogen-bond acceptors (Lipinski definition) is 3. The molecule has 1 aliphatic heterocycles. The van der Waals surface area contributed by atoms with E-state index in [0.29, 0.717) is 0 Å². The van der Waals surface area contributed by atoms with Crippen LogP contribution in [0, 0.1) is 3.57 Å². The number of hydrogen-bond donors (Lipinski definition) is 0. The van der Waals surface area contributed by atoms with E-state index >= 15 is 0 Å². The summed E-state index contributed by atoms with van der Waals surface area (Å²) in [6, 6.07) is 8.13. The first-order valence-corrected chi connectivity index (χ1v) is 4.61. The van der Waals surface area contributed by atoms with Crippen LogP contribution < -0.4 is 0 Å². The van der Waals surface area contributed by atoms with Crippen molar-refractivity contribution in [3.8, 4) is 0 Å². The zero-order chi connectivity index (χ0) is 8.39. The molecule has 1 aliphatic rings. The maximum absolute atomic E-state index is 4.07. The van der Waals surface area contributed by atoms with Gasteiger partial charge in [-0.05, 0) is 34.7 Å². The Morgan fingerprint density at radius 3 is 2.50 bits per heavy atom. The summed E-state index contributed by atoms with van der Waals surface area (Å²) in [6.07, 6.45) is 1.38. The van der Waals surface area contributed by atoms with Gasteiger partial charge in [-0.15, -0.1) is 5.11 Å². The molecule has 2 rings (SSSR count). The average Bonchev–Trinajstić information content (AvgIpc) is 2.58. The maximum atomic E-state index is 4.07. The molecule has 4 heteroatoms. The molecule has 1 aromatic rings. The van der Waals surface area contributed by atoms with Gasteiger partial charge in [0.2, 0.25) is 0 Å². The van der Waals surface area contributed by atoms with Crippen LogP contribution in [0.1, 0.15) is 11.7 Å². The Kier molecular flexibility index (Phi) is 2.16. The maximum Gasteiger partial charge on any atom is 0.187 e. The van der Waals surface area contributed by atoms with E-state index in [1.165, 1.54) is 9.91 Å². The molecular weight excluding hydrogens is 265 g/mol. The van der Waals surface area contributed by atoms with Crippen LogP contribution in [0.5, 0.6) is 0 Å². The Hall–Kier alpha value is -0.780. The lowest BCUT2D eigenvalue weighted by Crippen LogP contribution is -1.87. The third-order valence-corrected chi connectivity index (χ3v) is 2.32. The Morgan fingerprint density at radius 2 is 1.92 bits per heavy atom.